The first-order chi connectivity index (χ1) is 14.7. The summed E-state index contributed by atoms with van der Waals surface area (Å²) in [7, 11) is 0. The number of β-amino-alcohol motifs (C(OH)–C–C–N with tert-alkyl or cyclic N) is 1. The van der Waals surface area contributed by atoms with Gasteiger partial charge in [-0.3, -0.25) is 9.69 Å². The zero-order valence-corrected chi connectivity index (χ0v) is 18.5. The number of aliphatic hydroxyl groups is 1. The Kier molecular flexibility index (Phi) is 6.81. The van der Waals surface area contributed by atoms with Gasteiger partial charge >= 0.3 is 0 Å². The van der Waals surface area contributed by atoms with Gasteiger partial charge in [0.15, 0.2) is 11.6 Å². The first-order valence-corrected chi connectivity index (χ1v) is 11.2. The quantitative estimate of drug-likeness (QED) is 0.699. The number of hydrogen-bond acceptors (Lipinski definition) is 7. The minimum absolute atomic E-state index is 0.0592. The molecule has 2 aliphatic rings. The van der Waals surface area contributed by atoms with Gasteiger partial charge in [-0.05, 0) is 40.2 Å². The molecule has 9 heteroatoms. The Labute approximate surface area is 185 Å². The molecule has 8 nitrogen and oxygen atoms in total. The van der Waals surface area contributed by atoms with Crippen LogP contribution in [0.25, 0.3) is 0 Å². The lowest BCUT2D eigenvalue weighted by atomic mass is 10.2. The first-order valence-electron chi connectivity index (χ1n) is 10.4. The molecule has 0 saturated carbocycles. The van der Waals surface area contributed by atoms with Crippen LogP contribution >= 0.6 is 15.9 Å². The third-order valence-corrected chi connectivity index (χ3v) is 6.44. The van der Waals surface area contributed by atoms with Crippen molar-refractivity contribution in [3.8, 4) is 0 Å². The zero-order valence-electron chi connectivity index (χ0n) is 17.0. The molecule has 160 valence electrons. The minimum Gasteiger partial charge on any atom is -0.395 e. The molecule has 0 radical (unpaired) electrons. The van der Waals surface area contributed by atoms with Crippen LogP contribution in [0.15, 0.2) is 40.9 Å². The molecule has 1 amide bonds. The van der Waals surface area contributed by atoms with Crippen LogP contribution in [0.1, 0.15) is 10.4 Å². The van der Waals surface area contributed by atoms with Crippen molar-refractivity contribution in [3.05, 3.63) is 46.4 Å². The van der Waals surface area contributed by atoms with Gasteiger partial charge in [-0.2, -0.15) is 0 Å². The molecule has 2 fully saturated rings. The van der Waals surface area contributed by atoms with E-state index in [1.165, 1.54) is 0 Å². The second-order valence-electron chi connectivity index (χ2n) is 7.56. The van der Waals surface area contributed by atoms with E-state index in [1.54, 1.807) is 0 Å². The molecular weight excluding hydrogens is 448 g/mol. The monoisotopic (exact) mass is 474 g/mol. The lowest BCUT2D eigenvalue weighted by molar-refractivity contribution is 0.0745. The number of carbonyl (C=O) groups excluding carboxylic acids is 1. The van der Waals surface area contributed by atoms with Crippen molar-refractivity contribution in [3.63, 3.8) is 0 Å². The highest BCUT2D eigenvalue weighted by molar-refractivity contribution is 9.10. The minimum atomic E-state index is 0.0592. The fourth-order valence-corrected chi connectivity index (χ4v) is 4.40. The molecule has 1 N–H and O–H groups in total. The van der Waals surface area contributed by atoms with Gasteiger partial charge in [0.05, 0.1) is 12.2 Å². The number of nitrogens with zero attached hydrogens (tertiary/aromatic N) is 6. The smallest absolute Gasteiger partial charge is 0.255 e. The number of aliphatic hydroxyl groups excluding tert-OH is 1. The molecule has 4 rings (SSSR count). The average Bonchev–Trinajstić information content (AvgIpc) is 2.80. The van der Waals surface area contributed by atoms with Crippen molar-refractivity contribution in [2.75, 3.05) is 75.3 Å². The largest absolute Gasteiger partial charge is 0.395 e. The summed E-state index contributed by atoms with van der Waals surface area (Å²) < 4.78 is 0.830. The summed E-state index contributed by atoms with van der Waals surface area (Å²) in [5.74, 6) is 1.81. The Balaban J connectivity index is 1.31. The molecule has 1 aromatic heterocycles. The van der Waals surface area contributed by atoms with Crippen LogP contribution in [-0.2, 0) is 0 Å². The van der Waals surface area contributed by atoms with Gasteiger partial charge in [-0.15, -0.1) is 10.2 Å². The Morgan fingerprint density at radius 3 is 1.97 bits per heavy atom. The molecule has 2 aromatic rings. The summed E-state index contributed by atoms with van der Waals surface area (Å²) in [5, 5.41) is 18.0. The van der Waals surface area contributed by atoms with Crippen molar-refractivity contribution in [1.29, 1.82) is 0 Å². The Morgan fingerprint density at radius 1 is 0.867 bits per heavy atom. The lowest BCUT2D eigenvalue weighted by Gasteiger charge is -2.36. The molecule has 30 heavy (non-hydrogen) atoms. The highest BCUT2D eigenvalue weighted by Gasteiger charge is 2.24. The van der Waals surface area contributed by atoms with Crippen molar-refractivity contribution >= 4 is 33.5 Å². The number of halogens is 1. The van der Waals surface area contributed by atoms with Crippen LogP contribution in [0.2, 0.25) is 0 Å². The van der Waals surface area contributed by atoms with Crippen molar-refractivity contribution < 1.29 is 9.90 Å². The second kappa shape index (κ2) is 9.72. The molecule has 2 aliphatic heterocycles. The molecule has 2 saturated heterocycles. The van der Waals surface area contributed by atoms with Gasteiger partial charge in [0, 0.05) is 63.4 Å². The predicted molar refractivity (Wildman–Crippen MR) is 120 cm³/mol. The number of carbonyl (C=O) groups is 1. The van der Waals surface area contributed by atoms with E-state index in [-0.39, 0.29) is 12.5 Å². The molecular formula is C21H27BrN6O2. The summed E-state index contributed by atoms with van der Waals surface area (Å²) in [6.07, 6.45) is 0. The summed E-state index contributed by atoms with van der Waals surface area (Å²) in [5.41, 5.74) is 0.703. The van der Waals surface area contributed by atoms with Crippen molar-refractivity contribution in [2.45, 2.75) is 0 Å². The maximum atomic E-state index is 12.8. The highest BCUT2D eigenvalue weighted by Crippen LogP contribution is 2.21. The van der Waals surface area contributed by atoms with Crippen LogP contribution in [0.3, 0.4) is 0 Å². The molecule has 3 heterocycles. The van der Waals surface area contributed by atoms with Crippen LogP contribution in [-0.4, -0.2) is 96.5 Å². The van der Waals surface area contributed by atoms with Crippen LogP contribution in [0.4, 0.5) is 11.6 Å². The first kappa shape index (κ1) is 21.0. The fourth-order valence-electron chi connectivity index (χ4n) is 3.94. The Morgan fingerprint density at radius 2 is 1.43 bits per heavy atom. The molecule has 1 aromatic carbocycles. The normalized spacial score (nSPS) is 18.0. The third-order valence-electron chi connectivity index (χ3n) is 5.74. The number of piperazine rings is 2. The maximum absolute atomic E-state index is 12.8. The predicted octanol–water partition coefficient (Wildman–Crippen LogP) is 1.32. The van der Waals surface area contributed by atoms with Gasteiger partial charge in [0.25, 0.3) is 5.91 Å². The number of rotatable bonds is 5. The highest BCUT2D eigenvalue weighted by atomic mass is 79.9. The van der Waals surface area contributed by atoms with E-state index < -0.39 is 0 Å². The molecule has 0 aliphatic carbocycles. The van der Waals surface area contributed by atoms with Gasteiger partial charge in [0.2, 0.25) is 0 Å². The van der Waals surface area contributed by atoms with E-state index in [0.29, 0.717) is 18.7 Å². The number of amides is 1. The molecule has 0 bridgehead atoms. The summed E-state index contributed by atoms with van der Waals surface area (Å²) >= 11 is 3.47. The average molecular weight is 475 g/mol. The van der Waals surface area contributed by atoms with Gasteiger partial charge in [-0.25, -0.2) is 0 Å². The Hall–Kier alpha value is -2.23. The molecule has 0 spiro atoms. The van der Waals surface area contributed by atoms with Crippen molar-refractivity contribution in [1.82, 2.24) is 20.0 Å². The SMILES string of the molecule is O=C(c1ccccc1Br)N1CCN(c2ccc(N3CCN(CCO)CC3)nn2)CC1. The van der Waals surface area contributed by atoms with E-state index >= 15 is 0 Å². The third kappa shape index (κ3) is 4.74. The van der Waals surface area contributed by atoms with Crippen LogP contribution in [0, 0.1) is 0 Å². The van der Waals surface area contributed by atoms with Gasteiger partial charge in [0.1, 0.15) is 0 Å². The lowest BCUT2D eigenvalue weighted by Crippen LogP contribution is -2.49. The number of benzene rings is 1. The Bertz CT molecular complexity index is 849. The van der Waals surface area contributed by atoms with E-state index in [4.69, 9.17) is 5.11 Å². The zero-order chi connectivity index (χ0) is 20.9. The van der Waals surface area contributed by atoms with Gasteiger partial charge in [-0.1, -0.05) is 12.1 Å². The summed E-state index contributed by atoms with van der Waals surface area (Å²) in [6.45, 7) is 7.38. The van der Waals surface area contributed by atoms with E-state index in [0.717, 1.165) is 61.9 Å². The van der Waals surface area contributed by atoms with Gasteiger partial charge < -0.3 is 19.8 Å². The number of anilines is 2. The topological polar surface area (TPSA) is 76.0 Å². The van der Waals surface area contributed by atoms with E-state index in [1.807, 2.05) is 41.3 Å². The van der Waals surface area contributed by atoms with Crippen LogP contribution in [0.5, 0.6) is 0 Å². The van der Waals surface area contributed by atoms with Crippen LogP contribution < -0.4 is 9.80 Å². The standard InChI is InChI=1S/C21H27BrN6O2/c22-18-4-2-1-3-17(18)21(30)28-13-11-27(12-14-28)20-6-5-19(23-24-20)26-9-7-25(8-10-26)15-16-29/h1-6,29H,7-16H2. The summed E-state index contributed by atoms with van der Waals surface area (Å²) in [4.78, 5) is 21.3. The van der Waals surface area contributed by atoms with E-state index in [2.05, 4.69) is 40.8 Å². The summed E-state index contributed by atoms with van der Waals surface area (Å²) in [6, 6.07) is 11.6. The number of aromatic nitrogens is 2. The number of hydrogen-bond donors (Lipinski definition) is 1. The maximum Gasteiger partial charge on any atom is 0.255 e. The van der Waals surface area contributed by atoms with E-state index in [9.17, 15) is 4.79 Å². The second-order valence-corrected chi connectivity index (χ2v) is 8.42. The van der Waals surface area contributed by atoms with Crippen molar-refractivity contribution in [2.24, 2.45) is 0 Å². The fraction of sp³-hybridized carbons (Fsp3) is 0.476. The molecule has 0 unspecified atom stereocenters. The molecule has 0 atom stereocenters.